The van der Waals surface area contributed by atoms with E-state index in [2.05, 4.69) is 20.8 Å². The number of hydrogen-bond acceptors (Lipinski definition) is 2. The summed E-state index contributed by atoms with van der Waals surface area (Å²) in [5.41, 5.74) is 0.765. The molecule has 0 aromatic rings. The summed E-state index contributed by atoms with van der Waals surface area (Å²) in [4.78, 5) is 0. The fourth-order valence-electron chi connectivity index (χ4n) is 2.82. The first-order valence-corrected chi connectivity index (χ1v) is 4.79. The predicted octanol–water partition coefficient (Wildman–Crippen LogP) is 1.73. The molecule has 1 saturated carbocycles. The molecule has 2 saturated heterocycles. The van der Waals surface area contributed by atoms with Crippen LogP contribution in [0.3, 0.4) is 0 Å². The Hall–Kier alpha value is -0.0800. The molecule has 4 unspecified atom stereocenters. The van der Waals surface area contributed by atoms with Gasteiger partial charge in [-0.15, -0.1) is 0 Å². The fourth-order valence-corrected chi connectivity index (χ4v) is 2.82. The molecule has 0 bridgehead atoms. The Morgan fingerprint density at radius 3 is 2.33 bits per heavy atom. The van der Waals surface area contributed by atoms with Crippen LogP contribution in [0.25, 0.3) is 0 Å². The predicted molar refractivity (Wildman–Crippen MR) is 45.0 cm³/mol. The molecule has 1 aliphatic carbocycles. The van der Waals surface area contributed by atoms with Crippen LogP contribution in [0.2, 0.25) is 0 Å². The SMILES string of the molecule is CC12CC(C)(C3(C)CO3)CC1O2. The van der Waals surface area contributed by atoms with Crippen molar-refractivity contribution in [3.63, 3.8) is 0 Å². The number of epoxide rings is 2. The van der Waals surface area contributed by atoms with E-state index in [1.807, 2.05) is 0 Å². The van der Waals surface area contributed by atoms with E-state index in [-0.39, 0.29) is 11.2 Å². The Bertz CT molecular complexity index is 246. The molecule has 3 fully saturated rings. The largest absolute Gasteiger partial charge is 0.369 e. The molecule has 0 spiro atoms. The molecule has 0 amide bonds. The van der Waals surface area contributed by atoms with Gasteiger partial charge in [-0.05, 0) is 26.7 Å². The van der Waals surface area contributed by atoms with Gasteiger partial charge in [-0.1, -0.05) is 6.92 Å². The minimum absolute atomic E-state index is 0.173. The minimum Gasteiger partial charge on any atom is -0.369 e. The molecule has 3 rings (SSSR count). The normalized spacial score (nSPS) is 67.8. The maximum Gasteiger partial charge on any atom is 0.0943 e. The highest BCUT2D eigenvalue weighted by Crippen LogP contribution is 2.64. The first kappa shape index (κ1) is 7.34. The van der Waals surface area contributed by atoms with Gasteiger partial charge in [0, 0.05) is 5.41 Å². The Balaban J connectivity index is 1.86. The zero-order valence-corrected chi connectivity index (χ0v) is 8.02. The van der Waals surface area contributed by atoms with E-state index < -0.39 is 0 Å². The second-order valence-electron chi connectivity index (χ2n) is 5.38. The Kier molecular flexibility index (Phi) is 0.978. The first-order chi connectivity index (χ1) is 5.48. The van der Waals surface area contributed by atoms with E-state index in [4.69, 9.17) is 9.47 Å². The molecule has 2 heteroatoms. The van der Waals surface area contributed by atoms with Gasteiger partial charge in [-0.25, -0.2) is 0 Å². The van der Waals surface area contributed by atoms with Crippen LogP contribution in [0.5, 0.6) is 0 Å². The van der Waals surface area contributed by atoms with E-state index in [9.17, 15) is 0 Å². The van der Waals surface area contributed by atoms with Crippen molar-refractivity contribution in [2.75, 3.05) is 6.61 Å². The van der Waals surface area contributed by atoms with Gasteiger partial charge in [0.25, 0.3) is 0 Å². The van der Waals surface area contributed by atoms with Crippen molar-refractivity contribution in [2.45, 2.75) is 50.9 Å². The summed E-state index contributed by atoms with van der Waals surface area (Å²) in [6, 6.07) is 0. The van der Waals surface area contributed by atoms with Gasteiger partial charge in [-0.2, -0.15) is 0 Å². The summed E-state index contributed by atoms with van der Waals surface area (Å²) in [7, 11) is 0. The summed E-state index contributed by atoms with van der Waals surface area (Å²) >= 11 is 0. The molecule has 0 N–H and O–H groups in total. The number of hydrogen-bond donors (Lipinski definition) is 0. The lowest BCUT2D eigenvalue weighted by Gasteiger charge is -2.30. The van der Waals surface area contributed by atoms with Gasteiger partial charge < -0.3 is 9.47 Å². The zero-order valence-electron chi connectivity index (χ0n) is 8.02. The maximum absolute atomic E-state index is 5.60. The van der Waals surface area contributed by atoms with Gasteiger partial charge in [0.2, 0.25) is 0 Å². The monoisotopic (exact) mass is 168 g/mol. The second-order valence-corrected chi connectivity index (χ2v) is 5.38. The van der Waals surface area contributed by atoms with Gasteiger partial charge in [0.1, 0.15) is 0 Å². The number of ether oxygens (including phenoxy) is 2. The van der Waals surface area contributed by atoms with E-state index in [0.717, 1.165) is 6.61 Å². The molecular formula is C10H16O2. The molecule has 2 heterocycles. The minimum atomic E-state index is 0.173. The standard InChI is InChI=1S/C10H16O2/c1-8(10(3)6-11-10)4-7-9(2,5-8)12-7/h7H,4-6H2,1-3H3. The summed E-state index contributed by atoms with van der Waals surface area (Å²) in [6.07, 6.45) is 2.91. The third-order valence-electron chi connectivity index (χ3n) is 4.27. The van der Waals surface area contributed by atoms with Crippen LogP contribution in [0.1, 0.15) is 33.6 Å². The quantitative estimate of drug-likeness (QED) is 0.557. The van der Waals surface area contributed by atoms with E-state index in [1.54, 1.807) is 0 Å². The van der Waals surface area contributed by atoms with E-state index in [0.29, 0.717) is 11.5 Å². The van der Waals surface area contributed by atoms with Crippen LogP contribution in [0.4, 0.5) is 0 Å². The molecule has 2 nitrogen and oxygen atoms in total. The third kappa shape index (κ3) is 0.686. The molecule has 2 aliphatic heterocycles. The van der Waals surface area contributed by atoms with Crippen LogP contribution in [0, 0.1) is 5.41 Å². The fraction of sp³-hybridized carbons (Fsp3) is 1.00. The van der Waals surface area contributed by atoms with Crippen molar-refractivity contribution in [3.05, 3.63) is 0 Å². The van der Waals surface area contributed by atoms with Crippen molar-refractivity contribution in [3.8, 4) is 0 Å². The van der Waals surface area contributed by atoms with Gasteiger partial charge in [0.15, 0.2) is 0 Å². The lowest BCUT2D eigenvalue weighted by molar-refractivity contribution is 0.0741. The van der Waals surface area contributed by atoms with Crippen LogP contribution >= 0.6 is 0 Å². The molecular weight excluding hydrogens is 152 g/mol. The summed E-state index contributed by atoms with van der Waals surface area (Å²) in [5.74, 6) is 0. The van der Waals surface area contributed by atoms with Crippen LogP contribution in [0.15, 0.2) is 0 Å². The van der Waals surface area contributed by atoms with Crippen molar-refractivity contribution >= 4 is 0 Å². The molecule has 0 aromatic carbocycles. The summed E-state index contributed by atoms with van der Waals surface area (Å²) < 4.78 is 11.1. The van der Waals surface area contributed by atoms with E-state index in [1.165, 1.54) is 12.8 Å². The third-order valence-corrected chi connectivity index (χ3v) is 4.27. The van der Waals surface area contributed by atoms with Gasteiger partial charge >= 0.3 is 0 Å². The van der Waals surface area contributed by atoms with Crippen molar-refractivity contribution in [2.24, 2.45) is 5.41 Å². The molecule has 12 heavy (non-hydrogen) atoms. The van der Waals surface area contributed by atoms with Crippen molar-refractivity contribution < 1.29 is 9.47 Å². The number of fused-ring (bicyclic) bond motifs is 1. The molecule has 4 atom stereocenters. The van der Waals surface area contributed by atoms with Crippen LogP contribution in [-0.4, -0.2) is 23.9 Å². The topological polar surface area (TPSA) is 25.1 Å². The molecule has 3 aliphatic rings. The Labute approximate surface area is 73.2 Å². The molecule has 0 aromatic heterocycles. The highest BCUT2D eigenvalue weighted by molar-refractivity contribution is 5.18. The van der Waals surface area contributed by atoms with E-state index >= 15 is 0 Å². The van der Waals surface area contributed by atoms with Crippen molar-refractivity contribution in [1.82, 2.24) is 0 Å². The van der Waals surface area contributed by atoms with Gasteiger partial charge in [0.05, 0.1) is 23.9 Å². The first-order valence-electron chi connectivity index (χ1n) is 4.79. The maximum atomic E-state index is 5.60. The van der Waals surface area contributed by atoms with Gasteiger partial charge in [-0.3, -0.25) is 0 Å². The highest BCUT2D eigenvalue weighted by atomic mass is 16.6. The van der Waals surface area contributed by atoms with Crippen LogP contribution in [-0.2, 0) is 9.47 Å². The highest BCUT2D eigenvalue weighted by Gasteiger charge is 2.70. The lowest BCUT2D eigenvalue weighted by Crippen LogP contribution is -2.33. The summed E-state index contributed by atoms with van der Waals surface area (Å²) in [5, 5.41) is 0. The smallest absolute Gasteiger partial charge is 0.0943 e. The number of rotatable bonds is 1. The zero-order chi connectivity index (χ0) is 8.61. The Morgan fingerprint density at radius 2 is 1.92 bits per heavy atom. The lowest BCUT2D eigenvalue weighted by atomic mass is 9.75. The molecule has 68 valence electrons. The second kappa shape index (κ2) is 1.60. The Morgan fingerprint density at radius 1 is 1.25 bits per heavy atom. The summed E-state index contributed by atoms with van der Waals surface area (Å²) in [6.45, 7) is 7.77. The van der Waals surface area contributed by atoms with Crippen LogP contribution < -0.4 is 0 Å². The molecule has 0 radical (unpaired) electrons. The average Bonchev–Trinajstić information content (AvgIpc) is 2.77. The average molecular weight is 168 g/mol. The van der Waals surface area contributed by atoms with Crippen molar-refractivity contribution in [1.29, 1.82) is 0 Å².